The molecule has 1 saturated heterocycles. The molecule has 5 rings (SSSR count). The van der Waals surface area contributed by atoms with Crippen molar-refractivity contribution in [3.05, 3.63) is 60.9 Å². The van der Waals surface area contributed by atoms with E-state index in [9.17, 15) is 8.42 Å². The van der Waals surface area contributed by atoms with Gasteiger partial charge in [0.25, 0.3) is 0 Å². The summed E-state index contributed by atoms with van der Waals surface area (Å²) in [5.74, 6) is 0.798. The fraction of sp³-hybridized carbons (Fsp3) is 0.200. The molecule has 0 radical (unpaired) electrons. The summed E-state index contributed by atoms with van der Waals surface area (Å²) < 4.78 is 36.2. The van der Waals surface area contributed by atoms with Crippen molar-refractivity contribution in [3.63, 3.8) is 0 Å². The molecule has 1 aliphatic rings. The average molecular weight is 439 g/mol. The Hall–Kier alpha value is -2.95. The number of hydrogen-bond donors (Lipinski definition) is 0. The van der Waals surface area contributed by atoms with Crippen molar-refractivity contribution in [1.82, 2.24) is 23.0 Å². The average Bonchev–Trinajstić information content (AvgIpc) is 3.29. The Labute approximate surface area is 178 Å². The van der Waals surface area contributed by atoms with Crippen LogP contribution < -0.4 is 4.90 Å². The van der Waals surface area contributed by atoms with Crippen LogP contribution in [0.25, 0.3) is 22.3 Å². The third-order valence-corrected chi connectivity index (χ3v) is 7.62. The van der Waals surface area contributed by atoms with Crippen LogP contribution in [0.5, 0.6) is 0 Å². The molecule has 8 nitrogen and oxygen atoms in total. The second-order valence-electron chi connectivity index (χ2n) is 6.91. The van der Waals surface area contributed by atoms with Crippen molar-refractivity contribution < 1.29 is 8.42 Å². The van der Waals surface area contributed by atoms with E-state index in [0.29, 0.717) is 37.2 Å². The number of hydrogen-bond acceptors (Lipinski definition) is 8. The normalized spacial score (nSPS) is 15.5. The Balaban J connectivity index is 1.35. The highest BCUT2D eigenvalue weighted by molar-refractivity contribution is 7.89. The molecule has 0 saturated carbocycles. The molecule has 30 heavy (non-hydrogen) atoms. The summed E-state index contributed by atoms with van der Waals surface area (Å²) in [6, 6.07) is 16.9. The lowest BCUT2D eigenvalue weighted by atomic mass is 10.1. The fourth-order valence-electron chi connectivity index (χ4n) is 3.57. The van der Waals surface area contributed by atoms with E-state index in [-0.39, 0.29) is 4.90 Å². The number of rotatable bonds is 4. The van der Waals surface area contributed by atoms with Gasteiger partial charge in [-0.05, 0) is 12.1 Å². The fourth-order valence-corrected chi connectivity index (χ4v) is 5.75. The largest absolute Gasteiger partial charge is 0.354 e. The van der Waals surface area contributed by atoms with Crippen LogP contribution in [0.3, 0.4) is 0 Å². The highest BCUT2D eigenvalue weighted by atomic mass is 32.2. The number of piperazine rings is 1. The quantitative estimate of drug-likeness (QED) is 0.484. The lowest BCUT2D eigenvalue weighted by Gasteiger charge is -2.34. The van der Waals surface area contributed by atoms with E-state index in [4.69, 9.17) is 0 Å². The minimum Gasteiger partial charge on any atom is -0.354 e. The molecule has 0 atom stereocenters. The summed E-state index contributed by atoms with van der Waals surface area (Å²) in [6.45, 7) is 1.85. The molecule has 152 valence electrons. The van der Waals surface area contributed by atoms with E-state index in [1.807, 2.05) is 36.4 Å². The van der Waals surface area contributed by atoms with Crippen molar-refractivity contribution >= 4 is 38.6 Å². The summed E-state index contributed by atoms with van der Waals surface area (Å²) in [5.41, 5.74) is 2.91. The third kappa shape index (κ3) is 3.42. The van der Waals surface area contributed by atoms with E-state index >= 15 is 0 Å². The van der Waals surface area contributed by atoms with Gasteiger partial charge in [0, 0.05) is 37.8 Å². The number of sulfonamides is 1. The van der Waals surface area contributed by atoms with Gasteiger partial charge in [0.1, 0.15) is 28.1 Å². The maximum Gasteiger partial charge on any atom is 0.245 e. The maximum absolute atomic E-state index is 13.2. The Kier molecular flexibility index (Phi) is 4.89. The van der Waals surface area contributed by atoms with Gasteiger partial charge in [-0.3, -0.25) is 0 Å². The van der Waals surface area contributed by atoms with E-state index < -0.39 is 10.0 Å². The van der Waals surface area contributed by atoms with Gasteiger partial charge in [-0.2, -0.15) is 13.1 Å². The summed E-state index contributed by atoms with van der Waals surface area (Å²) in [5, 5.41) is 0. The molecule has 1 fully saturated rings. The number of aromatic nitrogens is 4. The Morgan fingerprint density at radius 2 is 1.67 bits per heavy atom. The maximum atomic E-state index is 13.2. The molecular weight excluding hydrogens is 420 g/mol. The van der Waals surface area contributed by atoms with Gasteiger partial charge >= 0.3 is 0 Å². The van der Waals surface area contributed by atoms with Crippen LogP contribution in [0.15, 0.2) is 65.8 Å². The second kappa shape index (κ2) is 7.71. The molecule has 0 N–H and O–H groups in total. The standard InChI is InChI=1S/C20H18N6O2S2/c27-30(28,18-8-4-7-16-20(18)24-29-23-16)26-11-9-25(10-12-26)19-13-17(21-14-22-19)15-5-2-1-3-6-15/h1-8,13-14H,9-12H2. The monoisotopic (exact) mass is 438 g/mol. The van der Waals surface area contributed by atoms with Crippen LogP contribution in [0, 0.1) is 0 Å². The van der Waals surface area contributed by atoms with Crippen LogP contribution in [0.4, 0.5) is 5.82 Å². The Morgan fingerprint density at radius 3 is 2.47 bits per heavy atom. The first-order chi connectivity index (χ1) is 14.6. The first-order valence-corrected chi connectivity index (χ1v) is 11.6. The van der Waals surface area contributed by atoms with Crippen LogP contribution >= 0.6 is 11.7 Å². The first-order valence-electron chi connectivity index (χ1n) is 9.47. The van der Waals surface area contributed by atoms with Crippen LogP contribution in [-0.4, -0.2) is 57.6 Å². The predicted octanol–water partition coefficient (Wildman–Crippen LogP) is 2.66. The number of nitrogens with zero attached hydrogens (tertiary/aromatic N) is 6. The molecule has 0 amide bonds. The molecule has 0 aliphatic carbocycles. The number of fused-ring (bicyclic) bond motifs is 1. The predicted molar refractivity (Wildman–Crippen MR) is 116 cm³/mol. The Morgan fingerprint density at radius 1 is 0.867 bits per heavy atom. The van der Waals surface area contributed by atoms with Crippen LogP contribution in [0.2, 0.25) is 0 Å². The molecule has 3 heterocycles. The molecule has 10 heteroatoms. The molecule has 4 aromatic rings. The third-order valence-electron chi connectivity index (χ3n) is 5.15. The van der Waals surface area contributed by atoms with Crippen LogP contribution in [-0.2, 0) is 10.0 Å². The van der Waals surface area contributed by atoms with Crippen molar-refractivity contribution in [1.29, 1.82) is 0 Å². The molecule has 0 unspecified atom stereocenters. The molecule has 0 bridgehead atoms. The van der Waals surface area contributed by atoms with Crippen molar-refractivity contribution in [2.24, 2.45) is 0 Å². The van der Waals surface area contributed by atoms with E-state index in [1.165, 1.54) is 4.31 Å². The molecule has 0 spiro atoms. The summed E-state index contributed by atoms with van der Waals surface area (Å²) in [4.78, 5) is 11.1. The minimum absolute atomic E-state index is 0.218. The Bertz CT molecular complexity index is 1280. The van der Waals surface area contributed by atoms with Crippen molar-refractivity contribution in [2.75, 3.05) is 31.1 Å². The highest BCUT2D eigenvalue weighted by Crippen LogP contribution is 2.26. The smallest absolute Gasteiger partial charge is 0.245 e. The molecule has 2 aromatic carbocycles. The number of anilines is 1. The van der Waals surface area contributed by atoms with Gasteiger partial charge in [0.05, 0.1) is 17.4 Å². The number of benzene rings is 2. The summed E-state index contributed by atoms with van der Waals surface area (Å²) in [6.07, 6.45) is 1.55. The highest BCUT2D eigenvalue weighted by Gasteiger charge is 2.31. The van der Waals surface area contributed by atoms with Crippen molar-refractivity contribution in [2.45, 2.75) is 4.90 Å². The van der Waals surface area contributed by atoms with Crippen LogP contribution in [0.1, 0.15) is 0 Å². The summed E-state index contributed by atoms with van der Waals surface area (Å²) in [7, 11) is -3.64. The van der Waals surface area contributed by atoms with Gasteiger partial charge in [0.2, 0.25) is 10.0 Å². The summed E-state index contributed by atoms with van der Waals surface area (Å²) >= 11 is 1.02. The van der Waals surface area contributed by atoms with E-state index in [1.54, 1.807) is 24.5 Å². The van der Waals surface area contributed by atoms with Gasteiger partial charge in [-0.1, -0.05) is 36.4 Å². The zero-order chi connectivity index (χ0) is 20.6. The molecule has 1 aliphatic heterocycles. The second-order valence-corrected chi connectivity index (χ2v) is 9.34. The SMILES string of the molecule is O=S(=O)(c1cccc2nsnc12)N1CCN(c2cc(-c3ccccc3)ncn2)CC1. The topological polar surface area (TPSA) is 92.2 Å². The molecular formula is C20H18N6O2S2. The molecule has 2 aromatic heterocycles. The van der Waals surface area contributed by atoms with Gasteiger partial charge in [0.15, 0.2) is 0 Å². The lowest BCUT2D eigenvalue weighted by Crippen LogP contribution is -2.49. The van der Waals surface area contributed by atoms with Crippen molar-refractivity contribution in [3.8, 4) is 11.3 Å². The lowest BCUT2D eigenvalue weighted by molar-refractivity contribution is 0.384. The van der Waals surface area contributed by atoms with E-state index in [2.05, 4.69) is 23.6 Å². The zero-order valence-corrected chi connectivity index (χ0v) is 17.6. The van der Waals surface area contributed by atoms with Gasteiger partial charge in [-0.15, -0.1) is 0 Å². The first kappa shape index (κ1) is 19.0. The van der Waals surface area contributed by atoms with Gasteiger partial charge < -0.3 is 4.90 Å². The minimum atomic E-state index is -3.64. The zero-order valence-electron chi connectivity index (χ0n) is 15.9. The van der Waals surface area contributed by atoms with Gasteiger partial charge in [-0.25, -0.2) is 18.4 Å². The van der Waals surface area contributed by atoms with E-state index in [0.717, 1.165) is 28.8 Å².